The highest BCUT2D eigenvalue weighted by Gasteiger charge is 2.21. The summed E-state index contributed by atoms with van der Waals surface area (Å²) >= 11 is 9.78. The van der Waals surface area contributed by atoms with Gasteiger partial charge in [-0.15, -0.1) is 11.3 Å². The van der Waals surface area contributed by atoms with Crippen LogP contribution in [0.3, 0.4) is 0 Å². The SMILES string of the molecule is O=C(O)c1nc(Br)sc1-c1cccc(Cl)c1F. The van der Waals surface area contributed by atoms with E-state index in [1.54, 1.807) is 6.07 Å². The molecule has 88 valence electrons. The molecule has 1 heterocycles. The van der Waals surface area contributed by atoms with Gasteiger partial charge in [0.15, 0.2) is 9.61 Å². The number of rotatable bonds is 2. The molecule has 0 aliphatic rings. The molecule has 17 heavy (non-hydrogen) atoms. The first-order valence-electron chi connectivity index (χ1n) is 4.34. The molecule has 0 saturated carbocycles. The fraction of sp³-hybridized carbons (Fsp3) is 0. The van der Waals surface area contributed by atoms with Gasteiger partial charge in [-0.1, -0.05) is 23.7 Å². The van der Waals surface area contributed by atoms with Gasteiger partial charge in [-0.25, -0.2) is 14.2 Å². The second-order valence-electron chi connectivity index (χ2n) is 3.05. The van der Waals surface area contributed by atoms with E-state index >= 15 is 0 Å². The number of carbonyl (C=O) groups is 1. The lowest BCUT2D eigenvalue weighted by Crippen LogP contribution is -1.99. The van der Waals surface area contributed by atoms with Crippen molar-refractivity contribution in [1.82, 2.24) is 4.98 Å². The minimum atomic E-state index is -1.21. The highest BCUT2D eigenvalue weighted by Crippen LogP contribution is 2.36. The quantitative estimate of drug-likeness (QED) is 0.899. The van der Waals surface area contributed by atoms with Crippen molar-refractivity contribution in [3.05, 3.63) is 38.6 Å². The Labute approximate surface area is 113 Å². The molecule has 7 heteroatoms. The molecule has 0 saturated heterocycles. The molecular formula is C10H4BrClFNO2S. The molecule has 0 unspecified atom stereocenters. The smallest absolute Gasteiger partial charge is 0.356 e. The molecule has 3 nitrogen and oxygen atoms in total. The topological polar surface area (TPSA) is 50.2 Å². The Morgan fingerprint density at radius 1 is 1.53 bits per heavy atom. The molecule has 0 radical (unpaired) electrons. The molecule has 0 spiro atoms. The van der Waals surface area contributed by atoms with Crippen molar-refractivity contribution in [2.24, 2.45) is 0 Å². The molecular weight excluding hydrogens is 333 g/mol. The number of benzene rings is 1. The number of carboxylic acids is 1. The van der Waals surface area contributed by atoms with Gasteiger partial charge in [0.2, 0.25) is 0 Å². The largest absolute Gasteiger partial charge is 0.476 e. The molecule has 0 aliphatic heterocycles. The van der Waals surface area contributed by atoms with E-state index < -0.39 is 11.8 Å². The zero-order valence-corrected chi connectivity index (χ0v) is 11.2. The Morgan fingerprint density at radius 3 is 2.88 bits per heavy atom. The standard InChI is InChI=1S/C10H4BrClFNO2S/c11-10-14-7(9(15)16)8(17-10)4-2-1-3-5(12)6(4)13/h1-3H,(H,15,16). The van der Waals surface area contributed by atoms with Gasteiger partial charge in [-0.05, 0) is 22.0 Å². The summed E-state index contributed by atoms with van der Waals surface area (Å²) in [5.41, 5.74) is -0.0545. The van der Waals surface area contributed by atoms with E-state index in [1.165, 1.54) is 12.1 Å². The first kappa shape index (κ1) is 12.5. The summed E-state index contributed by atoms with van der Waals surface area (Å²) in [5.74, 6) is -1.85. The molecule has 0 amide bonds. The summed E-state index contributed by atoms with van der Waals surface area (Å²) in [7, 11) is 0. The Balaban J connectivity index is 2.68. The third-order valence-electron chi connectivity index (χ3n) is 2.00. The third-order valence-corrected chi connectivity index (χ3v) is 3.83. The summed E-state index contributed by atoms with van der Waals surface area (Å²) in [6, 6.07) is 4.42. The van der Waals surface area contributed by atoms with Crippen LogP contribution in [0.5, 0.6) is 0 Å². The second-order valence-corrected chi connectivity index (χ2v) is 5.73. The Morgan fingerprint density at radius 2 is 2.24 bits per heavy atom. The van der Waals surface area contributed by atoms with Gasteiger partial charge in [-0.3, -0.25) is 0 Å². The van der Waals surface area contributed by atoms with Gasteiger partial charge in [0.1, 0.15) is 5.82 Å². The zero-order valence-electron chi connectivity index (χ0n) is 8.08. The van der Waals surface area contributed by atoms with Crippen LogP contribution in [0.4, 0.5) is 4.39 Å². The zero-order chi connectivity index (χ0) is 12.6. The van der Waals surface area contributed by atoms with E-state index in [-0.39, 0.29) is 21.2 Å². The highest BCUT2D eigenvalue weighted by molar-refractivity contribution is 9.11. The first-order chi connectivity index (χ1) is 8.00. The Hall–Kier alpha value is -0.980. The summed E-state index contributed by atoms with van der Waals surface area (Å²) in [6.07, 6.45) is 0. The summed E-state index contributed by atoms with van der Waals surface area (Å²) in [5, 5.41) is 8.92. The number of aromatic nitrogens is 1. The molecule has 1 N–H and O–H groups in total. The van der Waals surface area contributed by atoms with E-state index in [9.17, 15) is 9.18 Å². The van der Waals surface area contributed by atoms with Gasteiger partial charge >= 0.3 is 5.97 Å². The molecule has 0 aliphatic carbocycles. The number of thiazole rings is 1. The van der Waals surface area contributed by atoms with E-state index in [1.807, 2.05) is 0 Å². The van der Waals surface area contributed by atoms with Crippen molar-refractivity contribution in [2.45, 2.75) is 0 Å². The molecule has 1 aromatic heterocycles. The van der Waals surface area contributed by atoms with E-state index in [2.05, 4.69) is 20.9 Å². The van der Waals surface area contributed by atoms with Gasteiger partial charge < -0.3 is 5.11 Å². The normalized spacial score (nSPS) is 10.5. The second kappa shape index (κ2) is 4.72. The summed E-state index contributed by atoms with van der Waals surface area (Å²) in [4.78, 5) is 15.0. The van der Waals surface area contributed by atoms with Crippen molar-refractivity contribution in [3.63, 3.8) is 0 Å². The molecule has 0 atom stereocenters. The minimum Gasteiger partial charge on any atom is -0.476 e. The van der Waals surface area contributed by atoms with Crippen molar-refractivity contribution in [1.29, 1.82) is 0 Å². The summed E-state index contributed by atoms with van der Waals surface area (Å²) in [6.45, 7) is 0. The fourth-order valence-corrected chi connectivity index (χ4v) is 2.94. The Bertz CT molecular complexity index is 602. The highest BCUT2D eigenvalue weighted by atomic mass is 79.9. The van der Waals surface area contributed by atoms with Gasteiger partial charge in [0.05, 0.1) is 9.90 Å². The number of nitrogens with zero attached hydrogens (tertiary/aromatic N) is 1. The van der Waals surface area contributed by atoms with Crippen LogP contribution in [0.2, 0.25) is 5.02 Å². The van der Waals surface area contributed by atoms with Crippen LogP contribution in [-0.4, -0.2) is 16.1 Å². The van der Waals surface area contributed by atoms with Crippen LogP contribution < -0.4 is 0 Å². The molecule has 2 aromatic rings. The number of aromatic carboxylic acids is 1. The van der Waals surface area contributed by atoms with Crippen molar-refractivity contribution in [2.75, 3.05) is 0 Å². The van der Waals surface area contributed by atoms with Gasteiger partial charge in [-0.2, -0.15) is 0 Å². The third kappa shape index (κ3) is 2.34. The van der Waals surface area contributed by atoms with Crippen LogP contribution in [-0.2, 0) is 0 Å². The number of carboxylic acid groups (broad SMARTS) is 1. The maximum Gasteiger partial charge on any atom is 0.356 e. The van der Waals surface area contributed by atoms with Gasteiger partial charge in [0.25, 0.3) is 0 Å². The number of hydrogen-bond acceptors (Lipinski definition) is 3. The average molecular weight is 337 g/mol. The maximum atomic E-state index is 13.8. The van der Waals surface area contributed by atoms with Crippen LogP contribution in [0.15, 0.2) is 22.1 Å². The van der Waals surface area contributed by atoms with Crippen molar-refractivity contribution < 1.29 is 14.3 Å². The lowest BCUT2D eigenvalue weighted by molar-refractivity contribution is 0.0692. The summed E-state index contributed by atoms with van der Waals surface area (Å²) < 4.78 is 14.2. The molecule has 0 fully saturated rings. The number of hydrogen-bond donors (Lipinski definition) is 1. The van der Waals surface area contributed by atoms with Crippen LogP contribution >= 0.6 is 38.9 Å². The fourth-order valence-electron chi connectivity index (χ4n) is 1.30. The monoisotopic (exact) mass is 335 g/mol. The van der Waals surface area contributed by atoms with Crippen LogP contribution in [0.25, 0.3) is 10.4 Å². The number of halogens is 3. The predicted octanol–water partition coefficient (Wildman–Crippen LogP) is 4.06. The molecule has 2 rings (SSSR count). The van der Waals surface area contributed by atoms with Crippen molar-refractivity contribution >= 4 is 44.8 Å². The van der Waals surface area contributed by atoms with Crippen molar-refractivity contribution in [3.8, 4) is 10.4 Å². The maximum absolute atomic E-state index is 13.8. The molecule has 0 bridgehead atoms. The van der Waals surface area contributed by atoms with E-state index in [0.29, 0.717) is 3.92 Å². The van der Waals surface area contributed by atoms with E-state index in [4.69, 9.17) is 16.7 Å². The lowest BCUT2D eigenvalue weighted by Gasteiger charge is -2.02. The predicted molar refractivity (Wildman–Crippen MR) is 67.2 cm³/mol. The first-order valence-corrected chi connectivity index (χ1v) is 6.33. The molecule has 1 aromatic carbocycles. The Kier molecular flexibility index (Phi) is 3.46. The lowest BCUT2D eigenvalue weighted by atomic mass is 10.1. The van der Waals surface area contributed by atoms with Crippen LogP contribution in [0, 0.1) is 5.82 Å². The van der Waals surface area contributed by atoms with Crippen LogP contribution in [0.1, 0.15) is 10.5 Å². The minimum absolute atomic E-state index is 0.0524. The van der Waals surface area contributed by atoms with Gasteiger partial charge in [0, 0.05) is 5.56 Å². The van der Waals surface area contributed by atoms with E-state index in [0.717, 1.165) is 11.3 Å². The average Bonchev–Trinajstić information content (AvgIpc) is 2.64.